The summed E-state index contributed by atoms with van der Waals surface area (Å²) in [5, 5.41) is 13.7. The minimum atomic E-state index is -0.651. The van der Waals surface area contributed by atoms with Crippen molar-refractivity contribution in [1.29, 1.82) is 0 Å². The van der Waals surface area contributed by atoms with Gasteiger partial charge in [0, 0.05) is 31.5 Å². The Balaban J connectivity index is 1.85. The Morgan fingerprint density at radius 2 is 1.90 bits per heavy atom. The monoisotopic (exact) mass is 426 g/mol. The number of phenolic OH excluding ortho intramolecular Hbond substituents is 1. The van der Waals surface area contributed by atoms with Gasteiger partial charge in [0.1, 0.15) is 6.04 Å². The Labute approximate surface area is 183 Å². The Morgan fingerprint density at radius 1 is 1.16 bits per heavy atom. The van der Waals surface area contributed by atoms with Gasteiger partial charge in [-0.2, -0.15) is 0 Å². The average molecular weight is 427 g/mol. The van der Waals surface area contributed by atoms with Gasteiger partial charge < -0.3 is 24.8 Å². The predicted octanol–water partition coefficient (Wildman–Crippen LogP) is 3.04. The molecular formula is C24H30N2O5. The highest BCUT2D eigenvalue weighted by molar-refractivity contribution is 5.88. The SMILES string of the molecule is COc1ccc(CN2CCCC(=O)N[C@@H](Cc3ccccc3)C2=O)c(O)c1OC(C)C. The first kappa shape index (κ1) is 22.5. The zero-order chi connectivity index (χ0) is 22.4. The highest BCUT2D eigenvalue weighted by Crippen LogP contribution is 2.40. The zero-order valence-electron chi connectivity index (χ0n) is 18.3. The molecule has 1 atom stereocenters. The summed E-state index contributed by atoms with van der Waals surface area (Å²) in [5.41, 5.74) is 1.54. The summed E-state index contributed by atoms with van der Waals surface area (Å²) in [6.45, 7) is 4.38. The highest BCUT2D eigenvalue weighted by Gasteiger charge is 2.29. The van der Waals surface area contributed by atoms with Gasteiger partial charge in [-0.1, -0.05) is 30.3 Å². The lowest BCUT2D eigenvalue weighted by Crippen LogP contribution is -2.51. The Kier molecular flexibility index (Phi) is 7.39. The van der Waals surface area contributed by atoms with Crippen molar-refractivity contribution in [3.8, 4) is 17.2 Å². The van der Waals surface area contributed by atoms with Crippen LogP contribution in [0.3, 0.4) is 0 Å². The van der Waals surface area contributed by atoms with Gasteiger partial charge in [0.25, 0.3) is 0 Å². The standard InChI is InChI=1S/C24H30N2O5/c1-16(2)31-23-20(30-3)12-11-18(22(23)28)15-26-13-7-10-21(27)25-19(24(26)29)14-17-8-5-4-6-9-17/h4-6,8-9,11-12,16,19,28H,7,10,13-15H2,1-3H3,(H,25,27)/t19-/m0/s1. The molecule has 0 saturated carbocycles. The predicted molar refractivity (Wildman–Crippen MR) is 117 cm³/mol. The Bertz CT molecular complexity index is 914. The van der Waals surface area contributed by atoms with E-state index in [4.69, 9.17) is 9.47 Å². The van der Waals surface area contributed by atoms with Gasteiger partial charge in [-0.05, 0) is 38.0 Å². The quantitative estimate of drug-likeness (QED) is 0.711. The third-order valence-electron chi connectivity index (χ3n) is 5.17. The van der Waals surface area contributed by atoms with E-state index in [1.807, 2.05) is 44.2 Å². The minimum Gasteiger partial charge on any atom is -0.504 e. The second kappa shape index (κ2) is 10.2. The number of nitrogens with zero attached hydrogens (tertiary/aromatic N) is 1. The van der Waals surface area contributed by atoms with Crippen LogP contribution in [0.4, 0.5) is 0 Å². The molecule has 7 nitrogen and oxygen atoms in total. The van der Waals surface area contributed by atoms with E-state index in [0.29, 0.717) is 37.1 Å². The Morgan fingerprint density at radius 3 is 2.58 bits per heavy atom. The third-order valence-corrected chi connectivity index (χ3v) is 5.17. The molecule has 2 N–H and O–H groups in total. The molecule has 166 valence electrons. The van der Waals surface area contributed by atoms with E-state index >= 15 is 0 Å². The number of nitrogens with one attached hydrogen (secondary N) is 1. The smallest absolute Gasteiger partial charge is 0.245 e. The second-order valence-corrected chi connectivity index (χ2v) is 7.94. The maximum Gasteiger partial charge on any atom is 0.245 e. The lowest BCUT2D eigenvalue weighted by Gasteiger charge is -2.31. The number of carbonyl (C=O) groups is 2. The van der Waals surface area contributed by atoms with Gasteiger partial charge in [0.05, 0.1) is 13.2 Å². The summed E-state index contributed by atoms with van der Waals surface area (Å²) in [7, 11) is 1.51. The van der Waals surface area contributed by atoms with E-state index < -0.39 is 6.04 Å². The lowest BCUT2D eigenvalue weighted by molar-refractivity contribution is -0.138. The first-order valence-electron chi connectivity index (χ1n) is 10.6. The van der Waals surface area contributed by atoms with Crippen molar-refractivity contribution in [2.24, 2.45) is 0 Å². The zero-order valence-corrected chi connectivity index (χ0v) is 18.3. The average Bonchev–Trinajstić information content (AvgIpc) is 2.74. The molecule has 1 heterocycles. The van der Waals surface area contributed by atoms with Crippen molar-refractivity contribution < 1.29 is 24.2 Å². The highest BCUT2D eigenvalue weighted by atomic mass is 16.5. The summed E-state index contributed by atoms with van der Waals surface area (Å²) in [4.78, 5) is 27.2. The lowest BCUT2D eigenvalue weighted by atomic mass is 10.0. The van der Waals surface area contributed by atoms with Gasteiger partial charge in [0.2, 0.25) is 17.6 Å². The van der Waals surface area contributed by atoms with Crippen LogP contribution in [-0.4, -0.2) is 47.6 Å². The van der Waals surface area contributed by atoms with Gasteiger partial charge >= 0.3 is 0 Å². The van der Waals surface area contributed by atoms with Crippen molar-refractivity contribution in [1.82, 2.24) is 10.2 Å². The van der Waals surface area contributed by atoms with Crippen LogP contribution >= 0.6 is 0 Å². The van der Waals surface area contributed by atoms with Crippen molar-refractivity contribution >= 4 is 11.8 Å². The maximum absolute atomic E-state index is 13.3. The molecule has 1 aliphatic rings. The molecule has 1 aliphatic heterocycles. The van der Waals surface area contributed by atoms with Crippen LogP contribution in [0.25, 0.3) is 0 Å². The van der Waals surface area contributed by atoms with E-state index in [9.17, 15) is 14.7 Å². The number of hydrogen-bond acceptors (Lipinski definition) is 5. The van der Waals surface area contributed by atoms with Crippen LogP contribution in [0.5, 0.6) is 17.2 Å². The molecule has 0 radical (unpaired) electrons. The number of aromatic hydroxyl groups is 1. The number of rotatable bonds is 7. The molecule has 2 amide bonds. The number of carbonyl (C=O) groups excluding carboxylic acids is 2. The minimum absolute atomic E-state index is 0.0356. The number of hydrogen-bond donors (Lipinski definition) is 2. The molecule has 2 aromatic carbocycles. The van der Waals surface area contributed by atoms with E-state index in [-0.39, 0.29) is 36.0 Å². The van der Waals surface area contributed by atoms with Crippen LogP contribution in [0.1, 0.15) is 37.8 Å². The van der Waals surface area contributed by atoms with Gasteiger partial charge in [-0.25, -0.2) is 0 Å². The van der Waals surface area contributed by atoms with E-state index in [1.54, 1.807) is 17.0 Å². The van der Waals surface area contributed by atoms with Gasteiger partial charge in [0.15, 0.2) is 11.5 Å². The molecule has 1 saturated heterocycles. The molecule has 0 unspecified atom stereocenters. The van der Waals surface area contributed by atoms with Crippen molar-refractivity contribution in [3.05, 3.63) is 53.6 Å². The maximum atomic E-state index is 13.3. The molecule has 1 fully saturated rings. The molecule has 31 heavy (non-hydrogen) atoms. The number of methoxy groups -OCH3 is 1. The van der Waals surface area contributed by atoms with Crippen LogP contribution in [-0.2, 0) is 22.6 Å². The number of ether oxygens (including phenoxy) is 2. The number of amides is 2. The van der Waals surface area contributed by atoms with Crippen LogP contribution in [0.2, 0.25) is 0 Å². The fourth-order valence-electron chi connectivity index (χ4n) is 3.67. The van der Waals surface area contributed by atoms with E-state index in [2.05, 4.69) is 5.32 Å². The number of benzene rings is 2. The summed E-state index contributed by atoms with van der Waals surface area (Å²) in [6.07, 6.45) is 1.18. The van der Waals surface area contributed by atoms with Gasteiger partial charge in [-0.3, -0.25) is 9.59 Å². The summed E-state index contributed by atoms with van der Waals surface area (Å²) >= 11 is 0. The van der Waals surface area contributed by atoms with Gasteiger partial charge in [-0.15, -0.1) is 0 Å². The first-order chi connectivity index (χ1) is 14.9. The fourth-order valence-corrected chi connectivity index (χ4v) is 3.67. The summed E-state index contributed by atoms with van der Waals surface area (Å²) in [6, 6.07) is 12.4. The van der Waals surface area contributed by atoms with Crippen molar-refractivity contribution in [2.75, 3.05) is 13.7 Å². The van der Waals surface area contributed by atoms with Crippen LogP contribution in [0.15, 0.2) is 42.5 Å². The van der Waals surface area contributed by atoms with Crippen molar-refractivity contribution in [3.63, 3.8) is 0 Å². The molecular weight excluding hydrogens is 396 g/mol. The molecule has 0 aromatic heterocycles. The largest absolute Gasteiger partial charge is 0.504 e. The topological polar surface area (TPSA) is 88.1 Å². The molecule has 2 aromatic rings. The molecule has 0 aliphatic carbocycles. The first-order valence-corrected chi connectivity index (χ1v) is 10.6. The van der Waals surface area contributed by atoms with Crippen LogP contribution in [0, 0.1) is 0 Å². The third kappa shape index (κ3) is 5.69. The fraction of sp³-hybridized carbons (Fsp3) is 0.417. The van der Waals surface area contributed by atoms with E-state index in [1.165, 1.54) is 7.11 Å². The second-order valence-electron chi connectivity index (χ2n) is 7.94. The van der Waals surface area contributed by atoms with Crippen LogP contribution < -0.4 is 14.8 Å². The summed E-state index contributed by atoms with van der Waals surface area (Å²) < 4.78 is 11.1. The summed E-state index contributed by atoms with van der Waals surface area (Å²) in [5.74, 6) is 0.380. The molecule has 0 spiro atoms. The number of phenols is 1. The molecule has 0 bridgehead atoms. The normalized spacial score (nSPS) is 17.2. The molecule has 7 heteroatoms. The van der Waals surface area contributed by atoms with Crippen molar-refractivity contribution in [2.45, 2.75) is 51.8 Å². The van der Waals surface area contributed by atoms with E-state index in [0.717, 1.165) is 5.56 Å². The Hall–Kier alpha value is -3.22. The molecule has 3 rings (SSSR count).